The van der Waals surface area contributed by atoms with E-state index in [1.54, 1.807) is 17.5 Å². The highest BCUT2D eigenvalue weighted by atomic mass is 32.1. The Hall–Kier alpha value is -1.62. The zero-order valence-corrected chi connectivity index (χ0v) is 11.6. The van der Waals surface area contributed by atoms with E-state index >= 15 is 0 Å². The summed E-state index contributed by atoms with van der Waals surface area (Å²) in [6.45, 7) is 8.75. The van der Waals surface area contributed by atoms with Crippen molar-refractivity contribution < 1.29 is 0 Å². The van der Waals surface area contributed by atoms with Crippen LogP contribution in [0, 0.1) is 0 Å². The Morgan fingerprint density at radius 3 is 3.06 bits per heavy atom. The Kier molecular flexibility index (Phi) is 4.15. The number of thiazole rings is 1. The average Bonchev–Trinajstić information content (AvgIpc) is 2.99. The number of allylic oxidation sites excluding steroid dienone is 1. The lowest BCUT2D eigenvalue weighted by molar-refractivity contribution is 0.780. The normalized spacial score (nSPS) is 12.3. The van der Waals surface area contributed by atoms with Crippen LogP contribution in [-0.2, 0) is 13.0 Å². The molecule has 1 atom stereocenters. The predicted octanol–water partition coefficient (Wildman–Crippen LogP) is 3.26. The van der Waals surface area contributed by atoms with Crippen molar-refractivity contribution >= 4 is 17.3 Å². The van der Waals surface area contributed by atoms with Crippen molar-refractivity contribution in [2.45, 2.75) is 32.9 Å². The topological polar surface area (TPSA) is 42.7 Å². The first-order chi connectivity index (χ1) is 8.74. The molecular weight excluding hydrogens is 244 g/mol. The van der Waals surface area contributed by atoms with Gasteiger partial charge in [0.05, 0.1) is 6.04 Å². The first-order valence-corrected chi connectivity index (χ1v) is 6.89. The number of aryl methyl sites for hydroxylation is 1. The minimum Gasteiger partial charge on any atom is -0.347 e. The minimum atomic E-state index is 0.168. The second-order valence-electron chi connectivity index (χ2n) is 4.08. The van der Waals surface area contributed by atoms with E-state index in [1.165, 1.54) is 4.88 Å². The monoisotopic (exact) mass is 262 g/mol. The largest absolute Gasteiger partial charge is 0.347 e. The number of imidazole rings is 1. The highest BCUT2D eigenvalue weighted by Crippen LogP contribution is 2.23. The van der Waals surface area contributed by atoms with Gasteiger partial charge in [0.15, 0.2) is 0 Å². The van der Waals surface area contributed by atoms with Crippen LogP contribution in [0.3, 0.4) is 0 Å². The van der Waals surface area contributed by atoms with Crippen LogP contribution in [0.2, 0.25) is 0 Å². The Labute approximate surface area is 111 Å². The van der Waals surface area contributed by atoms with Crippen LogP contribution >= 0.6 is 11.3 Å². The summed E-state index contributed by atoms with van der Waals surface area (Å²) in [5, 5.41) is 4.48. The molecule has 4 nitrogen and oxygen atoms in total. The summed E-state index contributed by atoms with van der Waals surface area (Å²) in [5.41, 5.74) is 0. The van der Waals surface area contributed by atoms with Gasteiger partial charge < -0.3 is 9.88 Å². The number of anilines is 1. The maximum absolute atomic E-state index is 4.44. The van der Waals surface area contributed by atoms with E-state index in [2.05, 4.69) is 35.7 Å². The van der Waals surface area contributed by atoms with Crippen molar-refractivity contribution in [2.24, 2.45) is 0 Å². The number of hydrogen-bond acceptors (Lipinski definition) is 4. The third-order valence-corrected chi connectivity index (χ3v) is 4.00. The van der Waals surface area contributed by atoms with Gasteiger partial charge in [-0.3, -0.25) is 0 Å². The summed E-state index contributed by atoms with van der Waals surface area (Å²) in [6.07, 6.45) is 8.58. The van der Waals surface area contributed by atoms with E-state index in [4.69, 9.17) is 0 Å². The standard InChI is InChI=1S/C13H18N4S/c1-4-7-17-8-6-14-13(17)16-10(3)12-15-9-11(5-2)18-12/h4,6,8-10H,1,5,7H2,2-3H3,(H,14,16). The Balaban J connectivity index is 2.08. The summed E-state index contributed by atoms with van der Waals surface area (Å²) < 4.78 is 2.03. The molecule has 0 amide bonds. The molecule has 1 unspecified atom stereocenters. The van der Waals surface area contributed by atoms with Crippen molar-refractivity contribution in [1.29, 1.82) is 0 Å². The van der Waals surface area contributed by atoms with Crippen molar-refractivity contribution in [2.75, 3.05) is 5.32 Å². The molecule has 1 N–H and O–H groups in total. The molecule has 2 rings (SSSR count). The molecule has 0 saturated carbocycles. The SMILES string of the molecule is C=CCn1ccnc1NC(C)c1ncc(CC)s1. The maximum atomic E-state index is 4.44. The number of nitrogens with one attached hydrogen (secondary N) is 1. The van der Waals surface area contributed by atoms with Crippen LogP contribution in [0.25, 0.3) is 0 Å². The van der Waals surface area contributed by atoms with E-state index < -0.39 is 0 Å². The molecule has 96 valence electrons. The number of aromatic nitrogens is 3. The van der Waals surface area contributed by atoms with Crippen molar-refractivity contribution in [1.82, 2.24) is 14.5 Å². The molecule has 0 aliphatic carbocycles. The van der Waals surface area contributed by atoms with Crippen molar-refractivity contribution in [3.05, 3.63) is 41.1 Å². The fourth-order valence-corrected chi connectivity index (χ4v) is 2.54. The van der Waals surface area contributed by atoms with E-state index in [-0.39, 0.29) is 6.04 Å². The van der Waals surface area contributed by atoms with Crippen molar-refractivity contribution in [3.63, 3.8) is 0 Å². The number of nitrogens with zero attached hydrogens (tertiary/aromatic N) is 3. The summed E-state index contributed by atoms with van der Waals surface area (Å²) in [7, 11) is 0. The molecule has 0 radical (unpaired) electrons. The molecule has 0 aliphatic rings. The first-order valence-electron chi connectivity index (χ1n) is 6.07. The zero-order valence-electron chi connectivity index (χ0n) is 10.8. The molecule has 0 aliphatic heterocycles. The molecule has 0 spiro atoms. The van der Waals surface area contributed by atoms with Crippen LogP contribution < -0.4 is 5.32 Å². The second-order valence-corrected chi connectivity index (χ2v) is 5.22. The first kappa shape index (κ1) is 12.8. The maximum Gasteiger partial charge on any atom is 0.203 e. The van der Waals surface area contributed by atoms with Gasteiger partial charge in [-0.15, -0.1) is 17.9 Å². The lowest BCUT2D eigenvalue weighted by Gasteiger charge is -2.13. The second kappa shape index (κ2) is 5.82. The Morgan fingerprint density at radius 1 is 1.56 bits per heavy atom. The zero-order chi connectivity index (χ0) is 13.0. The highest BCUT2D eigenvalue weighted by Gasteiger charge is 2.12. The Bertz CT molecular complexity index is 515. The summed E-state index contributed by atoms with van der Waals surface area (Å²) in [6, 6.07) is 0.168. The lowest BCUT2D eigenvalue weighted by atomic mass is 10.3. The van der Waals surface area contributed by atoms with Crippen molar-refractivity contribution in [3.8, 4) is 0 Å². The van der Waals surface area contributed by atoms with Crippen LogP contribution in [0.4, 0.5) is 5.95 Å². The third kappa shape index (κ3) is 2.79. The molecular formula is C13H18N4S. The van der Waals surface area contributed by atoms with Gasteiger partial charge in [0.1, 0.15) is 5.01 Å². The quantitative estimate of drug-likeness (QED) is 0.813. The van der Waals surface area contributed by atoms with Gasteiger partial charge in [0, 0.05) is 30.0 Å². The smallest absolute Gasteiger partial charge is 0.203 e. The molecule has 5 heteroatoms. The molecule has 0 saturated heterocycles. The molecule has 0 fully saturated rings. The minimum absolute atomic E-state index is 0.168. The van der Waals surface area contributed by atoms with Crippen LogP contribution in [0.15, 0.2) is 31.2 Å². The van der Waals surface area contributed by atoms with Gasteiger partial charge in [-0.1, -0.05) is 13.0 Å². The number of hydrogen-bond donors (Lipinski definition) is 1. The summed E-state index contributed by atoms with van der Waals surface area (Å²) in [5.74, 6) is 0.857. The van der Waals surface area contributed by atoms with Gasteiger partial charge >= 0.3 is 0 Å². The van der Waals surface area contributed by atoms with E-state index in [0.29, 0.717) is 0 Å². The fraction of sp³-hybridized carbons (Fsp3) is 0.385. The third-order valence-electron chi connectivity index (χ3n) is 2.68. The van der Waals surface area contributed by atoms with Gasteiger partial charge in [-0.05, 0) is 13.3 Å². The van der Waals surface area contributed by atoms with Gasteiger partial charge in [-0.25, -0.2) is 9.97 Å². The average molecular weight is 262 g/mol. The molecule has 0 aromatic carbocycles. The summed E-state index contributed by atoms with van der Waals surface area (Å²) in [4.78, 5) is 10.1. The molecule has 18 heavy (non-hydrogen) atoms. The lowest BCUT2D eigenvalue weighted by Crippen LogP contribution is -2.11. The van der Waals surface area contributed by atoms with Crippen LogP contribution in [0.1, 0.15) is 29.8 Å². The Morgan fingerprint density at radius 2 is 2.39 bits per heavy atom. The summed E-state index contributed by atoms with van der Waals surface area (Å²) >= 11 is 1.75. The molecule has 0 bridgehead atoms. The van der Waals surface area contributed by atoms with Gasteiger partial charge in [-0.2, -0.15) is 0 Å². The van der Waals surface area contributed by atoms with Gasteiger partial charge in [0.25, 0.3) is 0 Å². The van der Waals surface area contributed by atoms with Gasteiger partial charge in [0.2, 0.25) is 5.95 Å². The van der Waals surface area contributed by atoms with E-state index in [1.807, 2.05) is 23.0 Å². The van der Waals surface area contributed by atoms with Crippen LogP contribution in [-0.4, -0.2) is 14.5 Å². The van der Waals surface area contributed by atoms with E-state index in [0.717, 1.165) is 23.9 Å². The van der Waals surface area contributed by atoms with Crippen LogP contribution in [0.5, 0.6) is 0 Å². The highest BCUT2D eigenvalue weighted by molar-refractivity contribution is 7.11. The molecule has 2 aromatic heterocycles. The number of rotatable bonds is 6. The fourth-order valence-electron chi connectivity index (χ4n) is 1.68. The molecule has 2 heterocycles. The van der Waals surface area contributed by atoms with E-state index in [9.17, 15) is 0 Å². The molecule has 2 aromatic rings. The predicted molar refractivity (Wildman–Crippen MR) is 76.0 cm³/mol.